The number of nitrogens with one attached hydrogen (secondary N) is 1. The van der Waals surface area contributed by atoms with E-state index in [9.17, 15) is 9.59 Å². The quantitative estimate of drug-likeness (QED) is 0.475. The Morgan fingerprint density at radius 2 is 1.59 bits per heavy atom. The highest BCUT2D eigenvalue weighted by atomic mass is 16.7. The molecular weight excluding hydrogens is 472 g/mol. The van der Waals surface area contributed by atoms with Gasteiger partial charge in [0.05, 0.1) is 19.8 Å². The topological polar surface area (TPSA) is 91.8 Å². The van der Waals surface area contributed by atoms with E-state index in [-0.39, 0.29) is 6.61 Å². The molecule has 0 radical (unpaired) electrons. The van der Waals surface area contributed by atoms with Crippen molar-refractivity contribution in [3.8, 4) is 0 Å². The molecule has 4 atom stereocenters. The number of H-pyrrole nitrogens is 1. The number of aromatic nitrogens is 2. The van der Waals surface area contributed by atoms with Gasteiger partial charge in [0.25, 0.3) is 5.56 Å². The molecule has 0 saturated carbocycles. The van der Waals surface area contributed by atoms with E-state index in [2.05, 4.69) is 17.1 Å². The molecule has 3 unspecified atom stereocenters. The summed E-state index contributed by atoms with van der Waals surface area (Å²) in [5.74, 6) is 0. The number of nitrogens with zero attached hydrogens (tertiary/aromatic N) is 1. The van der Waals surface area contributed by atoms with Crippen molar-refractivity contribution < 1.29 is 18.9 Å². The lowest BCUT2D eigenvalue weighted by molar-refractivity contribution is -0.272. The van der Waals surface area contributed by atoms with Gasteiger partial charge in [0.1, 0.15) is 17.8 Å². The zero-order chi connectivity index (χ0) is 25.5. The van der Waals surface area contributed by atoms with E-state index in [1.165, 1.54) is 10.8 Å². The standard InChI is InChI=1S/C29H30N2O6/c1-20-16-31(27(33)30-25(20)32)26-23-24(35-18-22-12-6-3-7-13-22)29(37-26,28(36-23)14-8-9-15-28)19-34-17-21-10-4-2-5-11-21/h2-13,16,23-24,26H,14-15,17-19H2,1H3,(H,30,32,33)/t23?,24?,26?,29-/m1/s1. The molecule has 1 spiro atoms. The van der Waals surface area contributed by atoms with Gasteiger partial charge in [-0.25, -0.2) is 4.79 Å². The molecule has 2 bridgehead atoms. The number of aryl methyl sites for hydroxylation is 1. The van der Waals surface area contributed by atoms with E-state index < -0.39 is 40.9 Å². The number of benzene rings is 2. The van der Waals surface area contributed by atoms with Crippen molar-refractivity contribution in [1.82, 2.24) is 9.55 Å². The van der Waals surface area contributed by atoms with Crippen LogP contribution >= 0.6 is 0 Å². The number of hydrogen-bond donors (Lipinski definition) is 1. The SMILES string of the molecule is Cc1cn(C2O[C@]3(COCc4ccccc4)C(OCc4ccccc4)C2OC32CC=CC2)c(=O)[nH]c1=O. The maximum absolute atomic E-state index is 12.8. The van der Waals surface area contributed by atoms with Gasteiger partial charge in [0.2, 0.25) is 0 Å². The number of hydrogen-bond acceptors (Lipinski definition) is 6. The second kappa shape index (κ2) is 9.54. The van der Waals surface area contributed by atoms with Crippen molar-refractivity contribution in [2.24, 2.45) is 0 Å². The first-order chi connectivity index (χ1) is 18.0. The Labute approximate surface area is 214 Å². The summed E-state index contributed by atoms with van der Waals surface area (Å²) in [6.07, 6.45) is 5.23. The van der Waals surface area contributed by atoms with E-state index in [4.69, 9.17) is 18.9 Å². The Bertz CT molecular complexity index is 1390. The van der Waals surface area contributed by atoms with Crippen molar-refractivity contribution in [2.75, 3.05) is 6.61 Å². The normalized spacial score (nSPS) is 27.3. The number of rotatable bonds is 8. The van der Waals surface area contributed by atoms with Crippen LogP contribution in [0.3, 0.4) is 0 Å². The molecule has 1 aliphatic carbocycles. The Morgan fingerprint density at radius 1 is 0.946 bits per heavy atom. The van der Waals surface area contributed by atoms with Crippen LogP contribution in [0.2, 0.25) is 0 Å². The highest BCUT2D eigenvalue weighted by molar-refractivity contribution is 5.27. The second-order valence-corrected chi connectivity index (χ2v) is 10.0. The van der Waals surface area contributed by atoms with Crippen LogP contribution in [-0.2, 0) is 32.2 Å². The monoisotopic (exact) mass is 502 g/mol. The summed E-state index contributed by atoms with van der Waals surface area (Å²) in [5.41, 5.74) is -0.0825. The average molecular weight is 503 g/mol. The molecule has 8 nitrogen and oxygen atoms in total. The molecule has 0 amide bonds. The van der Waals surface area contributed by atoms with Crippen LogP contribution in [0.4, 0.5) is 0 Å². The summed E-state index contributed by atoms with van der Waals surface area (Å²) in [5, 5.41) is 0. The highest BCUT2D eigenvalue weighted by Crippen LogP contribution is 2.59. The van der Waals surface area contributed by atoms with Gasteiger partial charge < -0.3 is 18.9 Å². The first-order valence-corrected chi connectivity index (χ1v) is 12.6. The molecule has 3 aliphatic rings. The van der Waals surface area contributed by atoms with Crippen LogP contribution in [0, 0.1) is 6.92 Å². The Hall–Kier alpha value is -3.30. The van der Waals surface area contributed by atoms with Gasteiger partial charge in [-0.2, -0.15) is 0 Å². The van der Waals surface area contributed by atoms with E-state index in [0.717, 1.165) is 11.1 Å². The summed E-state index contributed by atoms with van der Waals surface area (Å²) in [7, 11) is 0. The van der Waals surface area contributed by atoms with Gasteiger partial charge >= 0.3 is 5.69 Å². The van der Waals surface area contributed by atoms with E-state index in [1.54, 1.807) is 6.92 Å². The lowest BCUT2D eigenvalue weighted by Crippen LogP contribution is -2.60. The van der Waals surface area contributed by atoms with Gasteiger partial charge in [-0.1, -0.05) is 72.8 Å². The first kappa shape index (κ1) is 24.1. The zero-order valence-electron chi connectivity index (χ0n) is 20.7. The Morgan fingerprint density at radius 3 is 2.27 bits per heavy atom. The third-order valence-corrected chi connectivity index (χ3v) is 7.69. The molecule has 2 aromatic carbocycles. The minimum Gasteiger partial charge on any atom is -0.374 e. The van der Waals surface area contributed by atoms with Gasteiger partial charge in [0.15, 0.2) is 11.8 Å². The molecule has 3 aromatic rings. The fourth-order valence-electron chi connectivity index (χ4n) is 5.81. The molecule has 6 rings (SSSR count). The van der Waals surface area contributed by atoms with Crippen LogP contribution in [0.15, 0.2) is 88.6 Å². The largest absolute Gasteiger partial charge is 0.374 e. The smallest absolute Gasteiger partial charge is 0.330 e. The summed E-state index contributed by atoms with van der Waals surface area (Å²) in [6, 6.07) is 19.9. The van der Waals surface area contributed by atoms with E-state index in [1.807, 2.05) is 60.7 Å². The number of fused-ring (bicyclic) bond motifs is 3. The van der Waals surface area contributed by atoms with Gasteiger partial charge in [-0.15, -0.1) is 0 Å². The van der Waals surface area contributed by atoms with Crippen molar-refractivity contribution >= 4 is 0 Å². The maximum Gasteiger partial charge on any atom is 0.330 e. The van der Waals surface area contributed by atoms with Crippen molar-refractivity contribution in [1.29, 1.82) is 0 Å². The summed E-state index contributed by atoms with van der Waals surface area (Å²) in [4.78, 5) is 27.3. The van der Waals surface area contributed by atoms with Crippen LogP contribution in [0.25, 0.3) is 0 Å². The molecule has 1 aromatic heterocycles. The zero-order valence-corrected chi connectivity index (χ0v) is 20.7. The molecule has 2 fully saturated rings. The Kier molecular flexibility index (Phi) is 6.20. The molecular formula is C29H30N2O6. The summed E-state index contributed by atoms with van der Waals surface area (Å²) < 4.78 is 27.8. The third-order valence-electron chi connectivity index (χ3n) is 7.69. The summed E-state index contributed by atoms with van der Waals surface area (Å²) >= 11 is 0. The number of aromatic amines is 1. The third kappa shape index (κ3) is 4.10. The molecule has 8 heteroatoms. The van der Waals surface area contributed by atoms with Crippen molar-refractivity contribution in [3.63, 3.8) is 0 Å². The van der Waals surface area contributed by atoms with Crippen LogP contribution in [-0.4, -0.2) is 39.6 Å². The van der Waals surface area contributed by atoms with Crippen molar-refractivity contribution in [3.05, 3.63) is 117 Å². The molecule has 192 valence electrons. The maximum atomic E-state index is 12.8. The minimum absolute atomic E-state index is 0.229. The fourth-order valence-corrected chi connectivity index (χ4v) is 5.81. The van der Waals surface area contributed by atoms with E-state index in [0.29, 0.717) is 31.6 Å². The first-order valence-electron chi connectivity index (χ1n) is 12.6. The highest BCUT2D eigenvalue weighted by Gasteiger charge is 2.74. The fraction of sp³-hybridized carbons (Fsp3) is 0.379. The Balaban J connectivity index is 1.36. The number of ether oxygens (including phenoxy) is 4. The average Bonchev–Trinajstić information content (AvgIpc) is 3.57. The van der Waals surface area contributed by atoms with Crippen LogP contribution in [0.5, 0.6) is 0 Å². The molecule has 3 heterocycles. The predicted molar refractivity (Wildman–Crippen MR) is 136 cm³/mol. The van der Waals surface area contributed by atoms with Crippen molar-refractivity contribution in [2.45, 2.75) is 62.6 Å². The van der Waals surface area contributed by atoms with Gasteiger partial charge in [0, 0.05) is 11.8 Å². The lowest BCUT2D eigenvalue weighted by atomic mass is 9.79. The second-order valence-electron chi connectivity index (χ2n) is 10.0. The minimum atomic E-state index is -0.959. The predicted octanol–water partition coefficient (Wildman–Crippen LogP) is 3.40. The molecule has 37 heavy (non-hydrogen) atoms. The summed E-state index contributed by atoms with van der Waals surface area (Å²) in [6.45, 7) is 2.67. The lowest BCUT2D eigenvalue weighted by Gasteiger charge is -2.45. The molecule has 1 N–H and O–H groups in total. The molecule has 2 aliphatic heterocycles. The van der Waals surface area contributed by atoms with Crippen LogP contribution in [0.1, 0.15) is 35.8 Å². The van der Waals surface area contributed by atoms with Gasteiger partial charge in [-0.3, -0.25) is 14.3 Å². The van der Waals surface area contributed by atoms with Crippen LogP contribution < -0.4 is 11.2 Å². The molecule has 2 saturated heterocycles. The van der Waals surface area contributed by atoms with Gasteiger partial charge in [-0.05, 0) is 30.9 Å². The van der Waals surface area contributed by atoms with E-state index >= 15 is 0 Å².